The van der Waals surface area contributed by atoms with E-state index in [0.717, 1.165) is 28.7 Å². The molecule has 0 aliphatic heterocycles. The molecule has 0 aliphatic rings. The van der Waals surface area contributed by atoms with Gasteiger partial charge in [-0.25, -0.2) is 4.98 Å². The number of pyridine rings is 1. The number of anilines is 2. The Morgan fingerprint density at radius 1 is 1.16 bits per heavy atom. The number of aryl methyl sites for hydroxylation is 3. The number of rotatable bonds is 4. The topological polar surface area (TPSA) is 24.9 Å². The van der Waals surface area contributed by atoms with Gasteiger partial charge < -0.3 is 5.32 Å². The van der Waals surface area contributed by atoms with Gasteiger partial charge in [0.15, 0.2) is 0 Å². The van der Waals surface area contributed by atoms with E-state index in [2.05, 4.69) is 64.3 Å². The van der Waals surface area contributed by atoms with Gasteiger partial charge in [-0.15, -0.1) is 0 Å². The van der Waals surface area contributed by atoms with Crippen LogP contribution in [0.15, 0.2) is 34.9 Å². The summed E-state index contributed by atoms with van der Waals surface area (Å²) in [6.45, 7) is 6.40. The first kappa shape index (κ1) is 14.1. The summed E-state index contributed by atoms with van der Waals surface area (Å²) in [5.41, 5.74) is 5.00. The number of para-hydroxylation sites is 1. The standard InChI is InChI=1S/C16H19BrN2/c1-4-12-7-6-8-13(5-2)15(12)19-16-14(17)9-11(3)10-18-16/h6-10H,4-5H2,1-3H3,(H,18,19). The van der Waals surface area contributed by atoms with Crippen molar-refractivity contribution in [2.24, 2.45) is 0 Å². The third-order valence-electron chi connectivity index (χ3n) is 3.22. The number of halogens is 1. The van der Waals surface area contributed by atoms with Crippen LogP contribution in [0.4, 0.5) is 11.5 Å². The Kier molecular flexibility index (Phi) is 4.59. The molecule has 0 bridgehead atoms. The van der Waals surface area contributed by atoms with Gasteiger partial charge in [0.2, 0.25) is 0 Å². The van der Waals surface area contributed by atoms with Gasteiger partial charge in [-0.1, -0.05) is 32.0 Å². The van der Waals surface area contributed by atoms with Crippen LogP contribution in [0.5, 0.6) is 0 Å². The van der Waals surface area contributed by atoms with E-state index in [9.17, 15) is 0 Å². The van der Waals surface area contributed by atoms with Gasteiger partial charge in [0.25, 0.3) is 0 Å². The van der Waals surface area contributed by atoms with Crippen LogP contribution in [0.25, 0.3) is 0 Å². The third kappa shape index (κ3) is 3.16. The summed E-state index contributed by atoms with van der Waals surface area (Å²) < 4.78 is 1.00. The molecule has 3 heteroatoms. The van der Waals surface area contributed by atoms with E-state index < -0.39 is 0 Å². The van der Waals surface area contributed by atoms with E-state index >= 15 is 0 Å². The Morgan fingerprint density at radius 2 is 1.79 bits per heavy atom. The lowest BCUT2D eigenvalue weighted by Gasteiger charge is -2.15. The first-order valence-electron chi connectivity index (χ1n) is 6.65. The van der Waals surface area contributed by atoms with Crippen LogP contribution in [0.3, 0.4) is 0 Å². The first-order chi connectivity index (χ1) is 9.15. The van der Waals surface area contributed by atoms with Crippen molar-refractivity contribution in [3.8, 4) is 0 Å². The monoisotopic (exact) mass is 318 g/mol. The Hall–Kier alpha value is -1.35. The summed E-state index contributed by atoms with van der Waals surface area (Å²) in [7, 11) is 0. The molecule has 1 aromatic carbocycles. The molecule has 0 unspecified atom stereocenters. The van der Waals surface area contributed by atoms with Crippen LogP contribution >= 0.6 is 15.9 Å². The Bertz CT molecular complexity index is 557. The summed E-state index contributed by atoms with van der Waals surface area (Å²) in [5, 5.41) is 3.48. The van der Waals surface area contributed by atoms with Crippen LogP contribution in [0.1, 0.15) is 30.5 Å². The molecule has 1 heterocycles. The van der Waals surface area contributed by atoms with Gasteiger partial charge in [-0.2, -0.15) is 0 Å². The van der Waals surface area contributed by atoms with Crippen LogP contribution in [0.2, 0.25) is 0 Å². The molecular weight excluding hydrogens is 300 g/mol. The third-order valence-corrected chi connectivity index (χ3v) is 3.82. The number of hydrogen-bond donors (Lipinski definition) is 1. The lowest BCUT2D eigenvalue weighted by molar-refractivity contribution is 1.08. The average Bonchev–Trinajstić information content (AvgIpc) is 2.42. The fraction of sp³-hybridized carbons (Fsp3) is 0.312. The van der Waals surface area contributed by atoms with Gasteiger partial charge in [0.05, 0.1) is 4.47 Å². The molecule has 100 valence electrons. The summed E-state index contributed by atoms with van der Waals surface area (Å²) in [4.78, 5) is 4.47. The highest BCUT2D eigenvalue weighted by Gasteiger charge is 2.09. The fourth-order valence-electron chi connectivity index (χ4n) is 2.15. The molecule has 0 aliphatic carbocycles. The normalized spacial score (nSPS) is 10.5. The molecule has 0 saturated heterocycles. The lowest BCUT2D eigenvalue weighted by atomic mass is 10.0. The minimum absolute atomic E-state index is 0.876. The van der Waals surface area contributed by atoms with Crippen molar-refractivity contribution in [2.45, 2.75) is 33.6 Å². The fourth-order valence-corrected chi connectivity index (χ4v) is 2.71. The van der Waals surface area contributed by atoms with E-state index in [1.165, 1.54) is 16.8 Å². The molecule has 0 radical (unpaired) electrons. The van der Waals surface area contributed by atoms with E-state index in [-0.39, 0.29) is 0 Å². The summed E-state index contributed by atoms with van der Waals surface area (Å²) in [6.07, 6.45) is 3.91. The quantitative estimate of drug-likeness (QED) is 0.856. The zero-order valence-electron chi connectivity index (χ0n) is 11.6. The first-order valence-corrected chi connectivity index (χ1v) is 7.45. The number of benzene rings is 1. The van der Waals surface area contributed by atoms with Gasteiger partial charge >= 0.3 is 0 Å². The highest BCUT2D eigenvalue weighted by Crippen LogP contribution is 2.29. The van der Waals surface area contributed by atoms with Crippen LogP contribution in [-0.2, 0) is 12.8 Å². The van der Waals surface area contributed by atoms with Crippen molar-refractivity contribution in [2.75, 3.05) is 5.32 Å². The zero-order valence-corrected chi connectivity index (χ0v) is 13.2. The Balaban J connectivity index is 2.42. The molecule has 2 aromatic rings. The Morgan fingerprint density at radius 3 is 2.32 bits per heavy atom. The number of hydrogen-bond acceptors (Lipinski definition) is 2. The van der Waals surface area contributed by atoms with Crippen molar-refractivity contribution >= 4 is 27.4 Å². The van der Waals surface area contributed by atoms with Crippen LogP contribution < -0.4 is 5.32 Å². The maximum atomic E-state index is 4.47. The van der Waals surface area contributed by atoms with Gasteiger partial charge in [-0.05, 0) is 58.5 Å². The highest BCUT2D eigenvalue weighted by atomic mass is 79.9. The smallest absolute Gasteiger partial charge is 0.144 e. The van der Waals surface area contributed by atoms with E-state index in [1.807, 2.05) is 13.1 Å². The van der Waals surface area contributed by atoms with Crippen LogP contribution in [-0.4, -0.2) is 4.98 Å². The van der Waals surface area contributed by atoms with Crippen molar-refractivity contribution in [1.82, 2.24) is 4.98 Å². The minimum atomic E-state index is 0.876. The van der Waals surface area contributed by atoms with Crippen LogP contribution in [0, 0.1) is 6.92 Å². The van der Waals surface area contributed by atoms with Gasteiger partial charge in [0.1, 0.15) is 5.82 Å². The molecular formula is C16H19BrN2. The highest BCUT2D eigenvalue weighted by molar-refractivity contribution is 9.10. The van der Waals surface area contributed by atoms with Crippen molar-refractivity contribution in [1.29, 1.82) is 0 Å². The molecule has 0 spiro atoms. The lowest BCUT2D eigenvalue weighted by Crippen LogP contribution is -2.02. The molecule has 19 heavy (non-hydrogen) atoms. The molecule has 0 atom stereocenters. The van der Waals surface area contributed by atoms with Crippen molar-refractivity contribution in [3.05, 3.63) is 51.6 Å². The second-order valence-electron chi connectivity index (χ2n) is 4.63. The van der Waals surface area contributed by atoms with Crippen molar-refractivity contribution < 1.29 is 0 Å². The molecule has 2 nitrogen and oxygen atoms in total. The predicted molar refractivity (Wildman–Crippen MR) is 85.2 cm³/mol. The van der Waals surface area contributed by atoms with E-state index in [4.69, 9.17) is 0 Å². The summed E-state index contributed by atoms with van der Waals surface area (Å²) >= 11 is 3.57. The second-order valence-corrected chi connectivity index (χ2v) is 5.48. The van der Waals surface area contributed by atoms with E-state index in [1.54, 1.807) is 0 Å². The summed E-state index contributed by atoms with van der Waals surface area (Å²) in [5.74, 6) is 0.876. The Labute approximate surface area is 123 Å². The maximum absolute atomic E-state index is 4.47. The SMILES string of the molecule is CCc1cccc(CC)c1Nc1ncc(C)cc1Br. The molecule has 1 aromatic heterocycles. The minimum Gasteiger partial charge on any atom is -0.339 e. The number of nitrogens with one attached hydrogen (secondary N) is 1. The average molecular weight is 319 g/mol. The molecule has 0 fully saturated rings. The van der Waals surface area contributed by atoms with Gasteiger partial charge in [0, 0.05) is 11.9 Å². The summed E-state index contributed by atoms with van der Waals surface area (Å²) in [6, 6.07) is 8.54. The molecule has 1 N–H and O–H groups in total. The second kappa shape index (κ2) is 6.20. The largest absolute Gasteiger partial charge is 0.339 e. The van der Waals surface area contributed by atoms with Crippen molar-refractivity contribution in [3.63, 3.8) is 0 Å². The molecule has 0 amide bonds. The predicted octanol–water partition coefficient (Wildman–Crippen LogP) is 5.02. The zero-order chi connectivity index (χ0) is 13.8. The van der Waals surface area contributed by atoms with E-state index in [0.29, 0.717) is 0 Å². The number of aromatic nitrogens is 1. The molecule has 0 saturated carbocycles. The molecule has 2 rings (SSSR count). The number of nitrogens with zero attached hydrogens (tertiary/aromatic N) is 1. The van der Waals surface area contributed by atoms with Gasteiger partial charge in [-0.3, -0.25) is 0 Å². The maximum Gasteiger partial charge on any atom is 0.144 e.